The van der Waals surface area contributed by atoms with Crippen molar-refractivity contribution in [3.8, 4) is 6.07 Å². The maximum atomic E-state index is 11.9. The first kappa shape index (κ1) is 20.0. The van der Waals surface area contributed by atoms with Crippen LogP contribution in [0.4, 0.5) is 0 Å². The minimum atomic E-state index is -0.975. The van der Waals surface area contributed by atoms with Gasteiger partial charge in [-0.25, -0.2) is 0 Å². The highest BCUT2D eigenvalue weighted by molar-refractivity contribution is 8.00. The fourth-order valence-corrected chi connectivity index (χ4v) is 2.74. The molecule has 0 heterocycles. The lowest BCUT2D eigenvalue weighted by Gasteiger charge is -2.27. The molecule has 1 atom stereocenters. The highest BCUT2D eigenvalue weighted by Crippen LogP contribution is 2.23. The molecule has 0 radical (unpaired) electrons. The van der Waals surface area contributed by atoms with Gasteiger partial charge in [0.1, 0.15) is 5.54 Å². The molecule has 0 aliphatic rings. The van der Waals surface area contributed by atoms with Crippen molar-refractivity contribution in [1.29, 1.82) is 5.26 Å². The summed E-state index contributed by atoms with van der Waals surface area (Å²) in [6.07, 6.45) is 0. The van der Waals surface area contributed by atoms with E-state index in [1.54, 1.807) is 6.92 Å². The molecule has 0 aromatic heterocycles. The summed E-state index contributed by atoms with van der Waals surface area (Å²) in [5.74, 6) is -0.851. The number of rotatable bonds is 7. The van der Waals surface area contributed by atoms with Gasteiger partial charge in [0.15, 0.2) is 6.61 Å². The number of nitrogens with one attached hydrogen (secondary N) is 1. The summed E-state index contributed by atoms with van der Waals surface area (Å²) in [7, 11) is 0. The molecule has 1 aromatic carbocycles. The molecule has 0 aliphatic carbocycles. The molecule has 1 aromatic rings. The smallest absolute Gasteiger partial charge is 0.316 e. The Morgan fingerprint density at radius 1 is 1.38 bits per heavy atom. The third-order valence-electron chi connectivity index (χ3n) is 3.84. The average molecular weight is 348 g/mol. The number of carbonyl (C=O) groups excluding carboxylic acids is 2. The Hall–Kier alpha value is -2.00. The number of nitriles is 1. The number of thioether (sulfide) groups is 1. The summed E-state index contributed by atoms with van der Waals surface area (Å²) in [4.78, 5) is 24.7. The molecule has 1 rings (SSSR count). The second-order valence-electron chi connectivity index (χ2n) is 6.24. The van der Waals surface area contributed by atoms with Crippen LogP contribution in [0.25, 0.3) is 0 Å². The zero-order valence-electron chi connectivity index (χ0n) is 14.8. The van der Waals surface area contributed by atoms with Crippen molar-refractivity contribution in [1.82, 2.24) is 5.32 Å². The Kier molecular flexibility index (Phi) is 7.30. The second-order valence-corrected chi connectivity index (χ2v) is 7.25. The molecule has 0 fully saturated rings. The van der Waals surface area contributed by atoms with Crippen LogP contribution in [-0.2, 0) is 14.3 Å². The van der Waals surface area contributed by atoms with Crippen LogP contribution < -0.4 is 5.32 Å². The molecule has 5 nitrogen and oxygen atoms in total. The fourth-order valence-electron chi connectivity index (χ4n) is 1.81. The number of ether oxygens (including phenoxy) is 1. The van der Waals surface area contributed by atoms with Crippen molar-refractivity contribution >= 4 is 23.6 Å². The van der Waals surface area contributed by atoms with Gasteiger partial charge in [-0.05, 0) is 38.3 Å². The van der Waals surface area contributed by atoms with Gasteiger partial charge in [0.05, 0.1) is 11.8 Å². The van der Waals surface area contributed by atoms with Crippen molar-refractivity contribution in [2.45, 2.75) is 45.1 Å². The molecular formula is C18H24N2O3S. The van der Waals surface area contributed by atoms with E-state index in [1.165, 1.54) is 11.8 Å². The quantitative estimate of drug-likeness (QED) is 0.605. The zero-order chi connectivity index (χ0) is 18.3. The highest BCUT2D eigenvalue weighted by Gasteiger charge is 2.30. The number of nitrogens with zero attached hydrogens (tertiary/aromatic N) is 1. The van der Waals surface area contributed by atoms with E-state index in [1.807, 2.05) is 45.9 Å². The highest BCUT2D eigenvalue weighted by atomic mass is 32.2. The Bertz CT molecular complexity index is 652. The van der Waals surface area contributed by atoms with Crippen molar-refractivity contribution in [3.63, 3.8) is 0 Å². The summed E-state index contributed by atoms with van der Waals surface area (Å²) in [6.45, 7) is 8.93. The molecule has 0 spiro atoms. The molecule has 1 amide bonds. The number of hydrogen-bond donors (Lipinski definition) is 1. The van der Waals surface area contributed by atoms with Crippen LogP contribution in [0.2, 0.25) is 0 Å². The standard InChI is InChI=1S/C18H24N2O3S/c1-12(2)18(5,11-19)20-16(21)9-23-17(22)10-24-15-8-13(3)6-7-14(15)4/h6-8,12H,9-10H2,1-5H3,(H,20,21)/t18-/m0/s1. The molecule has 0 bridgehead atoms. The molecule has 0 saturated heterocycles. The SMILES string of the molecule is Cc1ccc(C)c(SCC(=O)OCC(=O)N[C@@](C)(C#N)C(C)C)c1. The minimum absolute atomic E-state index is 0.0537. The maximum absolute atomic E-state index is 11.9. The lowest BCUT2D eigenvalue weighted by Crippen LogP contribution is -2.50. The van der Waals surface area contributed by atoms with E-state index >= 15 is 0 Å². The summed E-state index contributed by atoms with van der Waals surface area (Å²) < 4.78 is 4.98. The Morgan fingerprint density at radius 3 is 2.62 bits per heavy atom. The average Bonchev–Trinajstić information content (AvgIpc) is 2.53. The molecule has 24 heavy (non-hydrogen) atoms. The van der Waals surface area contributed by atoms with E-state index in [0.717, 1.165) is 16.0 Å². The largest absolute Gasteiger partial charge is 0.455 e. The topological polar surface area (TPSA) is 79.2 Å². The van der Waals surface area contributed by atoms with Crippen molar-refractivity contribution < 1.29 is 14.3 Å². The van der Waals surface area contributed by atoms with Crippen molar-refractivity contribution in [2.75, 3.05) is 12.4 Å². The van der Waals surface area contributed by atoms with E-state index in [2.05, 4.69) is 11.4 Å². The van der Waals surface area contributed by atoms with Gasteiger partial charge in [-0.3, -0.25) is 9.59 Å². The lowest BCUT2D eigenvalue weighted by molar-refractivity contribution is -0.146. The minimum Gasteiger partial charge on any atom is -0.455 e. The molecule has 130 valence electrons. The first-order chi connectivity index (χ1) is 11.2. The maximum Gasteiger partial charge on any atom is 0.316 e. The van der Waals surface area contributed by atoms with E-state index in [4.69, 9.17) is 10.00 Å². The van der Waals surface area contributed by atoms with Gasteiger partial charge in [0.2, 0.25) is 0 Å². The van der Waals surface area contributed by atoms with E-state index in [9.17, 15) is 9.59 Å². The van der Waals surface area contributed by atoms with Crippen LogP contribution in [-0.4, -0.2) is 29.8 Å². The van der Waals surface area contributed by atoms with Gasteiger partial charge in [0.25, 0.3) is 5.91 Å². The summed E-state index contributed by atoms with van der Waals surface area (Å²) >= 11 is 1.38. The second kappa shape index (κ2) is 8.74. The molecule has 0 unspecified atom stereocenters. The van der Waals surface area contributed by atoms with Crippen LogP contribution in [0.1, 0.15) is 31.9 Å². The van der Waals surface area contributed by atoms with Crippen molar-refractivity contribution in [2.24, 2.45) is 5.92 Å². The summed E-state index contributed by atoms with van der Waals surface area (Å²) in [6, 6.07) is 8.11. The Morgan fingerprint density at radius 2 is 2.04 bits per heavy atom. The Labute approximate surface area is 147 Å². The number of esters is 1. The lowest BCUT2D eigenvalue weighted by atomic mass is 9.90. The summed E-state index contributed by atoms with van der Waals surface area (Å²) in [5, 5.41) is 11.8. The predicted molar refractivity (Wildman–Crippen MR) is 94.6 cm³/mol. The van der Waals surface area contributed by atoms with Crippen LogP contribution in [0.15, 0.2) is 23.1 Å². The molecule has 1 N–H and O–H groups in total. The third kappa shape index (κ3) is 5.89. The van der Waals surface area contributed by atoms with E-state index in [-0.39, 0.29) is 18.3 Å². The Balaban J connectivity index is 2.45. The number of aryl methyl sites for hydroxylation is 2. The van der Waals surface area contributed by atoms with Crippen LogP contribution in [0.5, 0.6) is 0 Å². The first-order valence-corrected chi connectivity index (χ1v) is 8.74. The normalized spacial score (nSPS) is 13.0. The van der Waals surface area contributed by atoms with Gasteiger partial charge in [-0.1, -0.05) is 31.5 Å². The van der Waals surface area contributed by atoms with Crippen LogP contribution in [0, 0.1) is 31.1 Å². The van der Waals surface area contributed by atoms with Gasteiger partial charge in [-0.2, -0.15) is 5.26 Å². The fraction of sp³-hybridized carbons (Fsp3) is 0.500. The van der Waals surface area contributed by atoms with Crippen LogP contribution in [0.3, 0.4) is 0 Å². The number of amides is 1. The zero-order valence-corrected chi connectivity index (χ0v) is 15.6. The molecule has 0 saturated carbocycles. The number of benzene rings is 1. The van der Waals surface area contributed by atoms with Gasteiger partial charge >= 0.3 is 5.97 Å². The van der Waals surface area contributed by atoms with Crippen molar-refractivity contribution in [3.05, 3.63) is 29.3 Å². The van der Waals surface area contributed by atoms with E-state index < -0.39 is 17.4 Å². The first-order valence-electron chi connectivity index (χ1n) is 7.76. The van der Waals surface area contributed by atoms with Gasteiger partial charge in [0, 0.05) is 4.90 Å². The summed E-state index contributed by atoms with van der Waals surface area (Å²) in [5.41, 5.74) is 1.25. The third-order valence-corrected chi connectivity index (χ3v) is 4.97. The molecule has 6 heteroatoms. The number of hydrogen-bond acceptors (Lipinski definition) is 5. The molecule has 0 aliphatic heterocycles. The van der Waals surface area contributed by atoms with Gasteiger partial charge in [-0.15, -0.1) is 11.8 Å². The molecular weight excluding hydrogens is 324 g/mol. The van der Waals surface area contributed by atoms with E-state index in [0.29, 0.717) is 0 Å². The predicted octanol–water partition coefficient (Wildman–Crippen LogP) is 2.99. The van der Waals surface area contributed by atoms with Crippen LogP contribution >= 0.6 is 11.8 Å². The number of carbonyl (C=O) groups is 2. The van der Waals surface area contributed by atoms with Gasteiger partial charge < -0.3 is 10.1 Å². The monoisotopic (exact) mass is 348 g/mol.